The van der Waals surface area contributed by atoms with Crippen LogP contribution in [0.3, 0.4) is 0 Å². The van der Waals surface area contributed by atoms with Crippen molar-refractivity contribution in [3.05, 3.63) is 34.9 Å². The molecule has 1 atom stereocenters. The van der Waals surface area contributed by atoms with E-state index >= 15 is 0 Å². The molecular formula is C13H15ClN2O2. The Morgan fingerprint density at radius 1 is 1.50 bits per heavy atom. The molecule has 1 saturated heterocycles. The van der Waals surface area contributed by atoms with E-state index in [1.54, 1.807) is 12.1 Å². The van der Waals surface area contributed by atoms with Gasteiger partial charge in [0.1, 0.15) is 0 Å². The van der Waals surface area contributed by atoms with Gasteiger partial charge in [0.2, 0.25) is 11.8 Å². The first-order valence-electron chi connectivity index (χ1n) is 5.94. The lowest BCUT2D eigenvalue weighted by Crippen LogP contribution is -2.38. The van der Waals surface area contributed by atoms with E-state index in [1.165, 1.54) is 0 Å². The molecule has 2 rings (SSSR count). The highest BCUT2D eigenvalue weighted by Crippen LogP contribution is 2.11. The van der Waals surface area contributed by atoms with E-state index in [2.05, 4.69) is 10.6 Å². The quantitative estimate of drug-likeness (QED) is 0.863. The van der Waals surface area contributed by atoms with E-state index in [-0.39, 0.29) is 17.9 Å². The van der Waals surface area contributed by atoms with Crippen LogP contribution in [0.5, 0.6) is 0 Å². The molecule has 1 heterocycles. The molecule has 0 radical (unpaired) electrons. The zero-order chi connectivity index (χ0) is 13.0. The van der Waals surface area contributed by atoms with Gasteiger partial charge < -0.3 is 10.6 Å². The van der Waals surface area contributed by atoms with Gasteiger partial charge in [0.05, 0.1) is 6.42 Å². The Balaban J connectivity index is 1.77. The number of hydrogen-bond donors (Lipinski definition) is 2. The minimum absolute atomic E-state index is 0.0570. The second kappa shape index (κ2) is 5.87. The number of amides is 2. The fourth-order valence-corrected chi connectivity index (χ4v) is 2.18. The van der Waals surface area contributed by atoms with Crippen LogP contribution in [0.15, 0.2) is 24.3 Å². The summed E-state index contributed by atoms with van der Waals surface area (Å²) in [4.78, 5) is 22.7. The van der Waals surface area contributed by atoms with Gasteiger partial charge in [-0.3, -0.25) is 9.59 Å². The van der Waals surface area contributed by atoms with Gasteiger partial charge in [-0.15, -0.1) is 0 Å². The zero-order valence-corrected chi connectivity index (χ0v) is 10.7. The third kappa shape index (κ3) is 3.74. The van der Waals surface area contributed by atoms with E-state index in [9.17, 15) is 9.59 Å². The van der Waals surface area contributed by atoms with E-state index in [1.807, 2.05) is 12.1 Å². The van der Waals surface area contributed by atoms with Crippen molar-refractivity contribution in [3.63, 3.8) is 0 Å². The molecular weight excluding hydrogens is 252 g/mol. The van der Waals surface area contributed by atoms with Gasteiger partial charge in [0.15, 0.2) is 0 Å². The molecule has 0 saturated carbocycles. The smallest absolute Gasteiger partial charge is 0.224 e. The first-order valence-corrected chi connectivity index (χ1v) is 6.32. The van der Waals surface area contributed by atoms with Crippen molar-refractivity contribution in [1.82, 2.24) is 10.6 Å². The summed E-state index contributed by atoms with van der Waals surface area (Å²) < 4.78 is 0. The lowest BCUT2D eigenvalue weighted by atomic mass is 10.1. The normalized spacial score (nSPS) is 18.5. The third-order valence-corrected chi connectivity index (χ3v) is 3.12. The van der Waals surface area contributed by atoms with Gasteiger partial charge in [-0.1, -0.05) is 23.7 Å². The number of carbonyl (C=O) groups excluding carboxylic acids is 2. The molecule has 0 aliphatic carbocycles. The molecule has 0 aromatic heterocycles. The Morgan fingerprint density at radius 2 is 2.33 bits per heavy atom. The molecule has 0 bridgehead atoms. The van der Waals surface area contributed by atoms with Gasteiger partial charge in [-0.05, 0) is 24.1 Å². The predicted molar refractivity (Wildman–Crippen MR) is 69.3 cm³/mol. The number of carbonyl (C=O) groups is 2. The standard InChI is InChI=1S/C13H15ClN2O2/c14-10-3-1-2-9(6-10)7-13(18)15-8-11-4-5-12(17)16-11/h1-3,6,11H,4-5,7-8H2,(H,15,18)(H,16,17). The minimum Gasteiger partial charge on any atom is -0.354 e. The summed E-state index contributed by atoms with van der Waals surface area (Å²) in [6.07, 6.45) is 1.65. The number of rotatable bonds is 4. The summed E-state index contributed by atoms with van der Waals surface area (Å²) in [5, 5.41) is 6.25. The first kappa shape index (κ1) is 12.9. The fourth-order valence-electron chi connectivity index (χ4n) is 1.96. The SMILES string of the molecule is O=C(Cc1cccc(Cl)c1)NCC1CCC(=O)N1. The second-order valence-corrected chi connectivity index (χ2v) is 4.85. The topological polar surface area (TPSA) is 58.2 Å². The fraction of sp³-hybridized carbons (Fsp3) is 0.385. The molecule has 1 fully saturated rings. The molecule has 5 heteroatoms. The third-order valence-electron chi connectivity index (χ3n) is 2.88. The maximum Gasteiger partial charge on any atom is 0.224 e. The molecule has 18 heavy (non-hydrogen) atoms. The summed E-state index contributed by atoms with van der Waals surface area (Å²) in [5.41, 5.74) is 0.885. The van der Waals surface area contributed by atoms with E-state index in [4.69, 9.17) is 11.6 Å². The number of benzene rings is 1. The Hall–Kier alpha value is -1.55. The highest BCUT2D eigenvalue weighted by atomic mass is 35.5. The molecule has 2 amide bonds. The molecule has 1 aromatic rings. The Labute approximate surface area is 111 Å². The average molecular weight is 267 g/mol. The summed E-state index contributed by atoms with van der Waals surface area (Å²) >= 11 is 5.85. The van der Waals surface area contributed by atoms with Crippen LogP contribution in [-0.4, -0.2) is 24.4 Å². The lowest BCUT2D eigenvalue weighted by molar-refractivity contribution is -0.121. The maximum absolute atomic E-state index is 11.7. The van der Waals surface area contributed by atoms with Crippen LogP contribution < -0.4 is 10.6 Å². The monoisotopic (exact) mass is 266 g/mol. The average Bonchev–Trinajstić information content (AvgIpc) is 2.73. The molecule has 96 valence electrons. The maximum atomic E-state index is 11.7. The van der Waals surface area contributed by atoms with Crippen molar-refractivity contribution in [1.29, 1.82) is 0 Å². The highest BCUT2D eigenvalue weighted by Gasteiger charge is 2.20. The lowest BCUT2D eigenvalue weighted by Gasteiger charge is -2.11. The van der Waals surface area contributed by atoms with Crippen LogP contribution in [0, 0.1) is 0 Å². The van der Waals surface area contributed by atoms with Crippen molar-refractivity contribution < 1.29 is 9.59 Å². The van der Waals surface area contributed by atoms with Gasteiger partial charge >= 0.3 is 0 Å². The van der Waals surface area contributed by atoms with Crippen molar-refractivity contribution in [2.45, 2.75) is 25.3 Å². The van der Waals surface area contributed by atoms with E-state index in [0.717, 1.165) is 12.0 Å². The predicted octanol–water partition coefficient (Wildman–Crippen LogP) is 1.28. The van der Waals surface area contributed by atoms with Crippen LogP contribution in [-0.2, 0) is 16.0 Å². The summed E-state index contributed by atoms with van der Waals surface area (Å²) in [6, 6.07) is 7.31. The van der Waals surface area contributed by atoms with E-state index < -0.39 is 0 Å². The molecule has 4 nitrogen and oxygen atoms in total. The van der Waals surface area contributed by atoms with Crippen molar-refractivity contribution >= 4 is 23.4 Å². The molecule has 1 unspecified atom stereocenters. The Morgan fingerprint density at radius 3 is 3.00 bits per heavy atom. The number of hydrogen-bond acceptors (Lipinski definition) is 2. The molecule has 2 N–H and O–H groups in total. The van der Waals surface area contributed by atoms with Crippen LogP contribution in [0.25, 0.3) is 0 Å². The van der Waals surface area contributed by atoms with Crippen molar-refractivity contribution in [3.8, 4) is 0 Å². The largest absolute Gasteiger partial charge is 0.354 e. The van der Waals surface area contributed by atoms with Crippen LogP contribution in [0.2, 0.25) is 5.02 Å². The second-order valence-electron chi connectivity index (χ2n) is 4.41. The molecule has 1 aromatic carbocycles. The van der Waals surface area contributed by atoms with Gasteiger partial charge in [0, 0.05) is 24.0 Å². The summed E-state index contributed by atoms with van der Waals surface area (Å²) in [5.74, 6) is 0.00232. The van der Waals surface area contributed by atoms with E-state index in [0.29, 0.717) is 24.4 Å². The number of nitrogens with one attached hydrogen (secondary N) is 2. The molecule has 0 spiro atoms. The highest BCUT2D eigenvalue weighted by molar-refractivity contribution is 6.30. The van der Waals surface area contributed by atoms with Gasteiger partial charge in [-0.25, -0.2) is 0 Å². The van der Waals surface area contributed by atoms with Crippen LogP contribution in [0.4, 0.5) is 0 Å². The van der Waals surface area contributed by atoms with Gasteiger partial charge in [0.25, 0.3) is 0 Å². The molecule has 1 aliphatic heterocycles. The van der Waals surface area contributed by atoms with Gasteiger partial charge in [-0.2, -0.15) is 0 Å². The molecule has 1 aliphatic rings. The Kier molecular flexibility index (Phi) is 4.20. The van der Waals surface area contributed by atoms with Crippen molar-refractivity contribution in [2.75, 3.05) is 6.54 Å². The van der Waals surface area contributed by atoms with Crippen LogP contribution >= 0.6 is 11.6 Å². The van der Waals surface area contributed by atoms with Crippen molar-refractivity contribution in [2.24, 2.45) is 0 Å². The first-order chi connectivity index (χ1) is 8.63. The zero-order valence-electron chi connectivity index (χ0n) is 9.91. The minimum atomic E-state index is -0.0570. The summed E-state index contributed by atoms with van der Waals surface area (Å²) in [7, 11) is 0. The Bertz CT molecular complexity index is 462. The summed E-state index contributed by atoms with van der Waals surface area (Å²) in [6.45, 7) is 0.491. The van der Waals surface area contributed by atoms with Crippen LogP contribution in [0.1, 0.15) is 18.4 Å². The number of halogens is 1.